The van der Waals surface area contributed by atoms with Gasteiger partial charge in [0, 0.05) is 11.3 Å². The Morgan fingerprint density at radius 2 is 1.59 bits per heavy atom. The summed E-state index contributed by atoms with van der Waals surface area (Å²) in [5.41, 5.74) is 0.911. The van der Waals surface area contributed by atoms with Gasteiger partial charge < -0.3 is 54.9 Å². The summed E-state index contributed by atoms with van der Waals surface area (Å²) in [6.07, 6.45) is -10.5. The zero-order valence-corrected chi connectivity index (χ0v) is 25.5. The van der Waals surface area contributed by atoms with E-state index in [0.717, 1.165) is 5.41 Å². The Labute approximate surface area is 264 Å². The van der Waals surface area contributed by atoms with Crippen molar-refractivity contribution in [2.45, 2.75) is 75.0 Å². The lowest BCUT2D eigenvalue weighted by molar-refractivity contribution is -0.155. The Hall–Kier alpha value is -3.58. The Morgan fingerprint density at radius 1 is 0.913 bits per heavy atom. The highest BCUT2D eigenvalue weighted by atomic mass is 32.2. The maximum Gasteiger partial charge on any atom is 0.255 e. The van der Waals surface area contributed by atoms with Gasteiger partial charge in [0.05, 0.1) is 11.4 Å². The molecule has 2 aromatic rings. The van der Waals surface area contributed by atoms with E-state index in [9.17, 15) is 43.9 Å². The number of anilines is 1. The minimum absolute atomic E-state index is 0.0891. The van der Waals surface area contributed by atoms with E-state index in [0.29, 0.717) is 11.3 Å². The van der Waals surface area contributed by atoms with Gasteiger partial charge in [-0.15, -0.1) is 0 Å². The number of fused-ring (bicyclic) bond motifs is 1. The van der Waals surface area contributed by atoms with Crippen molar-refractivity contribution < 1.29 is 62.8 Å². The summed E-state index contributed by atoms with van der Waals surface area (Å²) in [5.74, 6) is -1.20. The van der Waals surface area contributed by atoms with Gasteiger partial charge in [0.2, 0.25) is 12.2 Å². The highest BCUT2D eigenvalue weighted by Gasteiger charge is 2.53. The van der Waals surface area contributed by atoms with Crippen LogP contribution in [0, 0.1) is 0 Å². The van der Waals surface area contributed by atoms with E-state index >= 15 is 0 Å². The summed E-state index contributed by atoms with van der Waals surface area (Å²) >= 11 is 0. The fourth-order valence-electron chi connectivity index (χ4n) is 5.52. The van der Waals surface area contributed by atoms with E-state index in [-0.39, 0.29) is 23.7 Å². The van der Waals surface area contributed by atoms with E-state index in [4.69, 9.17) is 18.9 Å². The quantitative estimate of drug-likeness (QED) is 0.155. The SMILES string of the molecule is CC(=Cc1ccc(O[C@@H]2O[C@H](C(C)=CS(=O)(=O)Nc3ccccc3)[C@@H](O)[C@@H]2O)c(O)c1)C(=O)N[C@@H]1[C@H](O)[C@@H](O)[C@H]2OCO[C@H]2[C@@H]1O. The monoisotopic (exact) mass is 664 g/mol. The van der Waals surface area contributed by atoms with Gasteiger partial charge in [-0.25, -0.2) is 8.42 Å². The van der Waals surface area contributed by atoms with E-state index in [1.807, 2.05) is 0 Å². The average molecular weight is 665 g/mol. The van der Waals surface area contributed by atoms with Crippen LogP contribution in [0.3, 0.4) is 0 Å². The molecule has 0 bridgehead atoms. The number of nitrogens with one attached hydrogen (secondary N) is 2. The van der Waals surface area contributed by atoms with Crippen LogP contribution in [0.2, 0.25) is 0 Å². The van der Waals surface area contributed by atoms with Gasteiger partial charge in [0.15, 0.2) is 11.5 Å². The number of carbonyl (C=O) groups excluding carboxylic acids is 1. The summed E-state index contributed by atoms with van der Waals surface area (Å²) in [5, 5.41) is 66.4. The number of ether oxygens (including phenoxy) is 4. The number of rotatable bonds is 9. The number of aliphatic hydroxyl groups excluding tert-OH is 5. The van der Waals surface area contributed by atoms with Gasteiger partial charge in [-0.2, -0.15) is 0 Å². The molecule has 3 fully saturated rings. The standard InChI is InChI=1S/C30H36N2O13S/c1-14(29(39)31-20-21(34)23(36)28-27(22(20)35)42-13-43-28)10-16-8-9-19(18(33)11-16)44-30-25(38)24(37)26(45-30)15(2)12-46(40,41)32-17-6-4-3-5-7-17/h3-12,20-28,30,32-38H,13H2,1-2H3,(H,31,39)/t20-,21+,22-,23-,24+,25+,26-,27+,28-,30-/m1/s1. The maximum atomic E-state index is 12.9. The van der Waals surface area contributed by atoms with Crippen molar-refractivity contribution in [2.24, 2.45) is 0 Å². The predicted molar refractivity (Wildman–Crippen MR) is 160 cm³/mol. The van der Waals surface area contributed by atoms with Crippen LogP contribution >= 0.6 is 0 Å². The second-order valence-electron chi connectivity index (χ2n) is 11.3. The van der Waals surface area contributed by atoms with Crippen LogP contribution in [-0.4, -0.2) is 113 Å². The fourth-order valence-corrected chi connectivity index (χ4v) is 6.66. The molecule has 46 heavy (non-hydrogen) atoms. The molecule has 0 aromatic heterocycles. The number of aliphatic hydroxyl groups is 5. The largest absolute Gasteiger partial charge is 0.504 e. The Balaban J connectivity index is 1.21. The number of para-hydroxylation sites is 1. The molecule has 2 aliphatic heterocycles. The zero-order valence-electron chi connectivity index (χ0n) is 24.7. The lowest BCUT2D eigenvalue weighted by atomic mass is 9.83. The first-order chi connectivity index (χ1) is 21.8. The van der Waals surface area contributed by atoms with Crippen molar-refractivity contribution in [1.82, 2.24) is 5.32 Å². The summed E-state index contributed by atoms with van der Waals surface area (Å²) in [6.45, 7) is 2.71. The number of aromatic hydroxyl groups is 1. The molecule has 10 atom stereocenters. The van der Waals surface area contributed by atoms with Gasteiger partial charge in [0.1, 0.15) is 55.6 Å². The van der Waals surface area contributed by atoms with Crippen LogP contribution < -0.4 is 14.8 Å². The Kier molecular flexibility index (Phi) is 10.0. The van der Waals surface area contributed by atoms with Gasteiger partial charge in [-0.05, 0) is 55.3 Å². The first-order valence-corrected chi connectivity index (χ1v) is 15.8. The Morgan fingerprint density at radius 3 is 2.26 bits per heavy atom. The molecule has 8 N–H and O–H groups in total. The summed E-state index contributed by atoms with van der Waals surface area (Å²) in [6, 6.07) is 11.0. The molecule has 0 unspecified atom stereocenters. The third kappa shape index (κ3) is 7.20. The van der Waals surface area contributed by atoms with Crippen molar-refractivity contribution in [3.63, 3.8) is 0 Å². The van der Waals surface area contributed by atoms with Crippen molar-refractivity contribution in [3.05, 3.63) is 70.6 Å². The molecule has 3 aliphatic rings. The number of amides is 1. The molecule has 0 radical (unpaired) electrons. The van der Waals surface area contributed by atoms with Crippen LogP contribution in [0.4, 0.5) is 5.69 Å². The van der Waals surface area contributed by atoms with E-state index in [1.165, 1.54) is 38.1 Å². The molecule has 1 amide bonds. The number of benzene rings is 2. The van der Waals surface area contributed by atoms with Crippen LogP contribution in [0.25, 0.3) is 6.08 Å². The number of hydrogen-bond donors (Lipinski definition) is 8. The highest BCUT2D eigenvalue weighted by Crippen LogP contribution is 2.34. The van der Waals surface area contributed by atoms with Crippen molar-refractivity contribution >= 4 is 27.7 Å². The topological polar surface area (TPSA) is 234 Å². The first kappa shape index (κ1) is 33.8. The minimum Gasteiger partial charge on any atom is -0.504 e. The normalized spacial score (nSPS) is 33.4. The van der Waals surface area contributed by atoms with E-state index in [1.54, 1.807) is 30.3 Å². The molecule has 16 heteroatoms. The molecule has 1 saturated carbocycles. The highest BCUT2D eigenvalue weighted by molar-refractivity contribution is 7.95. The van der Waals surface area contributed by atoms with Crippen LogP contribution in [-0.2, 0) is 29.0 Å². The summed E-state index contributed by atoms with van der Waals surface area (Å²) in [4.78, 5) is 12.9. The molecule has 1 aliphatic carbocycles. The molecule has 5 rings (SSSR count). The predicted octanol–water partition coefficient (Wildman–Crippen LogP) is -0.711. The smallest absolute Gasteiger partial charge is 0.255 e. The van der Waals surface area contributed by atoms with Gasteiger partial charge >= 0.3 is 0 Å². The van der Waals surface area contributed by atoms with Crippen molar-refractivity contribution in [3.8, 4) is 11.5 Å². The number of sulfonamides is 1. The molecular formula is C30H36N2O13S. The third-order valence-corrected chi connectivity index (χ3v) is 9.11. The minimum atomic E-state index is -3.98. The summed E-state index contributed by atoms with van der Waals surface area (Å²) in [7, 11) is -3.98. The lowest BCUT2D eigenvalue weighted by Gasteiger charge is -2.41. The Bertz CT molecular complexity index is 1580. The van der Waals surface area contributed by atoms with Gasteiger partial charge in [-0.3, -0.25) is 9.52 Å². The van der Waals surface area contributed by atoms with Gasteiger partial charge in [-0.1, -0.05) is 24.3 Å². The van der Waals surface area contributed by atoms with Crippen LogP contribution in [0.5, 0.6) is 11.5 Å². The number of carbonyl (C=O) groups is 1. The molecule has 2 saturated heterocycles. The molecule has 15 nitrogen and oxygen atoms in total. The van der Waals surface area contributed by atoms with Crippen LogP contribution in [0.1, 0.15) is 19.4 Å². The maximum absolute atomic E-state index is 12.9. The second-order valence-corrected chi connectivity index (χ2v) is 12.8. The first-order valence-electron chi connectivity index (χ1n) is 14.3. The number of phenolic OH excluding ortho intramolecular Hbond substituents is 1. The number of hydrogen-bond acceptors (Lipinski definition) is 13. The lowest BCUT2D eigenvalue weighted by Crippen LogP contribution is -2.67. The molecular weight excluding hydrogens is 628 g/mol. The average Bonchev–Trinajstić information content (AvgIpc) is 3.61. The second kappa shape index (κ2) is 13.6. The van der Waals surface area contributed by atoms with E-state index in [2.05, 4.69) is 10.0 Å². The number of phenols is 1. The molecule has 250 valence electrons. The molecule has 2 heterocycles. The van der Waals surface area contributed by atoms with E-state index < -0.39 is 82.8 Å². The summed E-state index contributed by atoms with van der Waals surface area (Å²) < 4.78 is 49.2. The molecule has 2 aromatic carbocycles. The fraction of sp³-hybridized carbons (Fsp3) is 0.433. The molecule has 0 spiro atoms. The van der Waals surface area contributed by atoms with Crippen molar-refractivity contribution in [1.29, 1.82) is 0 Å². The zero-order chi connectivity index (χ0) is 33.3. The van der Waals surface area contributed by atoms with Gasteiger partial charge in [0.25, 0.3) is 10.0 Å². The third-order valence-electron chi connectivity index (χ3n) is 7.91. The van der Waals surface area contributed by atoms with Crippen LogP contribution in [0.15, 0.2) is 65.1 Å². The van der Waals surface area contributed by atoms with Crippen molar-refractivity contribution in [2.75, 3.05) is 11.5 Å².